The third-order valence-electron chi connectivity index (χ3n) is 13.1. The van der Waals surface area contributed by atoms with Crippen LogP contribution in [0.25, 0.3) is 53.6 Å². The summed E-state index contributed by atoms with van der Waals surface area (Å²) in [4.78, 5) is 4.54. The number of hydrogen-bond donors (Lipinski definition) is 0. The van der Waals surface area contributed by atoms with Crippen LogP contribution in [0, 0.1) is 0 Å². The van der Waals surface area contributed by atoms with Crippen LogP contribution < -0.4 is 9.80 Å². The Bertz CT molecular complexity index is 3810. The van der Waals surface area contributed by atoms with Gasteiger partial charge in [0, 0.05) is 54.2 Å². The summed E-state index contributed by atoms with van der Waals surface area (Å²) >= 11 is 1.76. The number of hydrogen-bond acceptors (Lipinski definition) is 3. The maximum absolute atomic E-state index is 9.18. The zero-order chi connectivity index (χ0) is 46.5. The molecule has 0 N–H and O–H groups in total. The largest absolute Gasteiger partial charge is 0.310 e. The van der Waals surface area contributed by atoms with Crippen LogP contribution in [-0.4, -0.2) is 0 Å². The second-order valence-corrected chi connectivity index (χ2v) is 17.5. The molecule has 0 amide bonds. The highest BCUT2D eigenvalue weighted by Crippen LogP contribution is 2.64. The predicted octanol–water partition coefficient (Wildman–Crippen LogP) is 17.0. The summed E-state index contributed by atoms with van der Waals surface area (Å²) in [6.07, 6.45) is 0. The Balaban J connectivity index is 1.10. The third kappa shape index (κ3) is 5.44. The molecule has 1 unspecified atom stereocenters. The molecule has 1 atom stereocenters. The highest BCUT2D eigenvalue weighted by Gasteiger charge is 2.52. The summed E-state index contributed by atoms with van der Waals surface area (Å²) in [5.41, 5.74) is 15.0. The Labute approximate surface area is 384 Å². The van der Waals surface area contributed by atoms with Gasteiger partial charge in [-0.25, -0.2) is 0 Å². The Morgan fingerprint density at radius 1 is 0.344 bits per heavy atom. The van der Waals surface area contributed by atoms with Gasteiger partial charge in [0.15, 0.2) is 0 Å². The van der Waals surface area contributed by atoms with Crippen LogP contribution in [0.1, 0.15) is 29.1 Å². The molecule has 0 bridgehead atoms. The number of rotatable bonds is 7. The highest BCUT2D eigenvalue weighted by molar-refractivity contribution is 7.25. The molecule has 1 heterocycles. The summed E-state index contributed by atoms with van der Waals surface area (Å²) < 4.78 is 46.6. The summed E-state index contributed by atoms with van der Waals surface area (Å²) in [5, 5.41) is 2.28. The molecule has 1 spiro atoms. The molecule has 2 nitrogen and oxygen atoms in total. The van der Waals surface area contributed by atoms with E-state index in [1.807, 2.05) is 24.3 Å². The van der Waals surface area contributed by atoms with Crippen molar-refractivity contribution in [3.8, 4) is 33.4 Å². The first-order valence-electron chi connectivity index (χ1n) is 24.1. The molecular weight excluding hydrogens is 793 g/mol. The van der Waals surface area contributed by atoms with Gasteiger partial charge in [-0.1, -0.05) is 164 Å². The number of anilines is 6. The van der Waals surface area contributed by atoms with Gasteiger partial charge in [0.2, 0.25) is 0 Å². The summed E-state index contributed by atoms with van der Waals surface area (Å²) in [6, 6.07) is 73.5. The quantitative estimate of drug-likeness (QED) is 0.158. The summed E-state index contributed by atoms with van der Waals surface area (Å²) in [7, 11) is 0. The minimum Gasteiger partial charge on any atom is -0.310 e. The van der Waals surface area contributed by atoms with E-state index >= 15 is 0 Å². The molecule has 0 aliphatic heterocycles. The van der Waals surface area contributed by atoms with E-state index in [2.05, 4.69) is 198 Å². The lowest BCUT2D eigenvalue weighted by molar-refractivity contribution is 0.793. The molecule has 13 rings (SSSR count). The Morgan fingerprint density at radius 3 is 1.48 bits per heavy atom. The Hall–Kier alpha value is -7.98. The normalized spacial score (nSPS) is 15.4. The van der Waals surface area contributed by atoms with Crippen LogP contribution in [0.15, 0.2) is 243 Å². The fourth-order valence-corrected chi connectivity index (χ4v) is 11.6. The molecule has 2 aliphatic rings. The first-order chi connectivity index (χ1) is 33.8. The van der Waals surface area contributed by atoms with Crippen molar-refractivity contribution in [2.45, 2.75) is 5.41 Å². The van der Waals surface area contributed by atoms with Crippen molar-refractivity contribution in [1.82, 2.24) is 0 Å². The van der Waals surface area contributed by atoms with Crippen LogP contribution in [0.5, 0.6) is 0 Å². The Morgan fingerprint density at radius 2 is 0.828 bits per heavy atom. The van der Waals surface area contributed by atoms with Gasteiger partial charge < -0.3 is 9.80 Å². The molecule has 11 aromatic rings. The van der Waals surface area contributed by atoms with Crippen LogP contribution in [0.2, 0.25) is 0 Å². The molecule has 3 heteroatoms. The lowest BCUT2D eigenvalue weighted by atomic mass is 9.70. The fourth-order valence-electron chi connectivity index (χ4n) is 10.5. The SMILES string of the molecule is [2H]c1c([2H])c([2H])c(-c2ccccc2N(c2ccc3c(c2)C2(c4ccccc4-c4ccc(N(c5ccccc5)c5ccccc5)cc42)c2ccccc2-3)c2ccc3sc4ccccc4c3c2)c([2H])c1[2H]. The van der Waals surface area contributed by atoms with Crippen LogP contribution in [-0.2, 0) is 5.41 Å². The second kappa shape index (κ2) is 14.6. The van der Waals surface area contributed by atoms with E-state index < -0.39 is 11.5 Å². The average molecular weight is 838 g/mol. The molecular formula is C61H40N2S. The van der Waals surface area contributed by atoms with Gasteiger partial charge in [-0.2, -0.15) is 0 Å². The van der Waals surface area contributed by atoms with E-state index in [0.717, 1.165) is 55.0 Å². The van der Waals surface area contributed by atoms with Crippen molar-refractivity contribution in [2.24, 2.45) is 0 Å². The van der Waals surface area contributed by atoms with Crippen LogP contribution in [0.4, 0.5) is 34.1 Å². The van der Waals surface area contributed by atoms with Gasteiger partial charge in [-0.3, -0.25) is 0 Å². The monoisotopic (exact) mass is 837 g/mol. The van der Waals surface area contributed by atoms with Gasteiger partial charge >= 0.3 is 0 Å². The van der Waals surface area contributed by atoms with E-state index in [1.54, 1.807) is 11.3 Å². The average Bonchev–Trinajstić information content (AvgIpc) is 4.02. The zero-order valence-corrected chi connectivity index (χ0v) is 35.3. The number of nitrogens with zero attached hydrogens (tertiary/aromatic N) is 2. The standard InChI is InChI=1S/C61H40N2S/c1-4-18-41(19-5-1)47-24-12-16-30-58(47)63(44-34-37-60-53(38-44)52-27-13-17-31-59(52)64-60)46-33-36-51-49-26-11-15-29-55(49)61(57(51)40-46)54-28-14-10-25-48(54)50-35-32-45(39-56(50)61)62(42-20-6-2-7-21-42)43-22-8-3-9-23-43/h1-40H/i1D,4D,5D,18D,19D. The van der Waals surface area contributed by atoms with E-state index in [0.29, 0.717) is 11.3 Å². The molecule has 0 saturated carbocycles. The van der Waals surface area contributed by atoms with Crippen LogP contribution >= 0.6 is 11.3 Å². The highest BCUT2D eigenvalue weighted by atomic mass is 32.1. The van der Waals surface area contributed by atoms with Gasteiger partial charge in [-0.05, 0) is 129 Å². The number of para-hydroxylation sites is 3. The van der Waals surface area contributed by atoms with E-state index in [1.165, 1.54) is 38.1 Å². The molecule has 0 saturated heterocycles. The van der Waals surface area contributed by atoms with Gasteiger partial charge in [0.25, 0.3) is 0 Å². The molecule has 300 valence electrons. The fraction of sp³-hybridized carbons (Fsp3) is 0.0164. The third-order valence-corrected chi connectivity index (χ3v) is 14.3. The lowest BCUT2D eigenvalue weighted by Crippen LogP contribution is -2.26. The van der Waals surface area contributed by atoms with Crippen molar-refractivity contribution in [2.75, 3.05) is 9.80 Å². The lowest BCUT2D eigenvalue weighted by Gasteiger charge is -2.33. The van der Waals surface area contributed by atoms with E-state index in [4.69, 9.17) is 4.11 Å². The van der Waals surface area contributed by atoms with E-state index in [-0.39, 0.29) is 29.7 Å². The summed E-state index contributed by atoms with van der Waals surface area (Å²) in [5.74, 6) is 0. The molecule has 0 radical (unpaired) electrons. The zero-order valence-electron chi connectivity index (χ0n) is 39.5. The topological polar surface area (TPSA) is 6.48 Å². The van der Waals surface area contributed by atoms with Gasteiger partial charge in [0.05, 0.1) is 18.0 Å². The van der Waals surface area contributed by atoms with E-state index in [9.17, 15) is 2.74 Å². The second-order valence-electron chi connectivity index (χ2n) is 16.4. The first-order valence-corrected chi connectivity index (χ1v) is 22.4. The molecule has 1 aromatic heterocycles. The van der Waals surface area contributed by atoms with Crippen molar-refractivity contribution in [3.05, 3.63) is 265 Å². The Kier molecular flexibility index (Phi) is 7.23. The maximum atomic E-state index is 9.18. The molecule has 2 aliphatic carbocycles. The van der Waals surface area contributed by atoms with Crippen molar-refractivity contribution in [1.29, 1.82) is 0 Å². The smallest absolute Gasteiger partial charge is 0.0727 e. The van der Waals surface area contributed by atoms with Crippen molar-refractivity contribution < 1.29 is 6.85 Å². The molecule has 64 heavy (non-hydrogen) atoms. The van der Waals surface area contributed by atoms with Crippen molar-refractivity contribution in [3.63, 3.8) is 0 Å². The first kappa shape index (κ1) is 31.8. The minimum atomic E-state index is -0.714. The van der Waals surface area contributed by atoms with Gasteiger partial charge in [-0.15, -0.1) is 11.3 Å². The minimum absolute atomic E-state index is 0.154. The predicted molar refractivity (Wildman–Crippen MR) is 270 cm³/mol. The number of fused-ring (bicyclic) bond motifs is 13. The number of benzene rings is 10. The molecule has 0 fully saturated rings. The maximum Gasteiger partial charge on any atom is 0.0727 e. The van der Waals surface area contributed by atoms with Crippen LogP contribution in [0.3, 0.4) is 0 Å². The molecule has 10 aromatic carbocycles. The van der Waals surface area contributed by atoms with Gasteiger partial charge in [0.1, 0.15) is 0 Å². The van der Waals surface area contributed by atoms with Crippen molar-refractivity contribution >= 4 is 65.6 Å². The summed E-state index contributed by atoms with van der Waals surface area (Å²) in [6.45, 7) is 0. The number of thiophene rings is 1.